The molecule has 3 nitrogen and oxygen atoms in total. The molecule has 0 saturated carbocycles. The van der Waals surface area contributed by atoms with Crippen molar-refractivity contribution in [3.8, 4) is 0 Å². The molecule has 1 N–H and O–H groups in total. The number of nitrogens with zero attached hydrogens (tertiary/aromatic N) is 1. The van der Waals surface area contributed by atoms with Gasteiger partial charge in [-0.05, 0) is 17.7 Å². The third-order valence-electron chi connectivity index (χ3n) is 2.78. The maximum Gasteiger partial charge on any atom is 0.407 e. The normalized spacial score (nSPS) is 18.0. The van der Waals surface area contributed by atoms with E-state index >= 15 is 0 Å². The summed E-state index contributed by atoms with van der Waals surface area (Å²) in [5.41, 5.74) is 1.21. The highest BCUT2D eigenvalue weighted by molar-refractivity contribution is 14.1. The zero-order valence-corrected chi connectivity index (χ0v) is 11.4. The molecule has 1 aliphatic rings. The molecule has 0 bridgehead atoms. The highest BCUT2D eigenvalue weighted by atomic mass is 127. The molecule has 1 fully saturated rings. The standard InChI is InChI=1S/C11H11ClINO2/c12-9-3-1-7(2-4-9)10(13)8-5-14(6-8)11(15)16/h1-4,8,10H,5-6H2,(H,15,16). The van der Waals surface area contributed by atoms with E-state index in [2.05, 4.69) is 22.6 Å². The highest BCUT2D eigenvalue weighted by Gasteiger charge is 2.35. The van der Waals surface area contributed by atoms with Crippen molar-refractivity contribution in [2.75, 3.05) is 13.1 Å². The molecule has 0 spiro atoms. The number of rotatable bonds is 2. The molecule has 1 aromatic carbocycles. The summed E-state index contributed by atoms with van der Waals surface area (Å²) in [6.45, 7) is 1.26. The molecule has 2 rings (SSSR count). The molecule has 1 aromatic rings. The number of alkyl halides is 1. The van der Waals surface area contributed by atoms with E-state index in [9.17, 15) is 4.79 Å². The van der Waals surface area contributed by atoms with Crippen LogP contribution in [0.15, 0.2) is 24.3 Å². The predicted molar refractivity (Wildman–Crippen MR) is 71.3 cm³/mol. The van der Waals surface area contributed by atoms with Crippen molar-refractivity contribution in [1.29, 1.82) is 0 Å². The van der Waals surface area contributed by atoms with Crippen LogP contribution < -0.4 is 0 Å². The van der Waals surface area contributed by atoms with Gasteiger partial charge in [0.05, 0.1) is 0 Å². The Morgan fingerprint density at radius 3 is 2.50 bits per heavy atom. The first-order valence-corrected chi connectivity index (χ1v) is 6.57. The molecule has 1 aliphatic heterocycles. The van der Waals surface area contributed by atoms with Gasteiger partial charge in [-0.3, -0.25) is 0 Å². The number of carboxylic acid groups (broad SMARTS) is 1. The van der Waals surface area contributed by atoms with Gasteiger partial charge >= 0.3 is 6.09 Å². The molecule has 1 amide bonds. The van der Waals surface area contributed by atoms with Gasteiger partial charge in [0.15, 0.2) is 0 Å². The Morgan fingerprint density at radius 1 is 1.44 bits per heavy atom. The van der Waals surface area contributed by atoms with E-state index in [-0.39, 0.29) is 0 Å². The number of benzene rings is 1. The minimum atomic E-state index is -0.823. The number of hydrogen-bond donors (Lipinski definition) is 1. The first-order chi connectivity index (χ1) is 7.58. The number of likely N-dealkylation sites (tertiary alicyclic amines) is 1. The lowest BCUT2D eigenvalue weighted by atomic mass is 9.92. The smallest absolute Gasteiger partial charge is 0.407 e. The van der Waals surface area contributed by atoms with E-state index in [1.807, 2.05) is 24.3 Å². The van der Waals surface area contributed by atoms with Crippen LogP contribution in [-0.4, -0.2) is 29.2 Å². The minimum Gasteiger partial charge on any atom is -0.465 e. The summed E-state index contributed by atoms with van der Waals surface area (Å²) in [6.07, 6.45) is -0.823. The lowest BCUT2D eigenvalue weighted by Gasteiger charge is -2.40. The SMILES string of the molecule is O=C(O)N1CC(C(I)c2ccc(Cl)cc2)C1. The molecular weight excluding hydrogens is 340 g/mol. The fourth-order valence-electron chi connectivity index (χ4n) is 1.77. The Kier molecular flexibility index (Phi) is 3.59. The summed E-state index contributed by atoms with van der Waals surface area (Å²) in [7, 11) is 0. The lowest BCUT2D eigenvalue weighted by molar-refractivity contribution is 0.0824. The van der Waals surface area contributed by atoms with Crippen molar-refractivity contribution in [2.24, 2.45) is 5.92 Å². The van der Waals surface area contributed by atoms with Crippen LogP contribution in [0.2, 0.25) is 5.02 Å². The van der Waals surface area contributed by atoms with Crippen molar-refractivity contribution >= 4 is 40.3 Å². The minimum absolute atomic E-state index is 0.352. The summed E-state index contributed by atoms with van der Waals surface area (Å²) >= 11 is 8.19. The summed E-state index contributed by atoms with van der Waals surface area (Å²) in [5.74, 6) is 0.415. The molecule has 1 saturated heterocycles. The molecule has 0 aromatic heterocycles. The zero-order valence-electron chi connectivity index (χ0n) is 8.44. The molecule has 86 valence electrons. The summed E-state index contributed by atoms with van der Waals surface area (Å²) in [6, 6.07) is 7.75. The average molecular weight is 352 g/mol. The summed E-state index contributed by atoms with van der Waals surface area (Å²) < 4.78 is 0.352. The van der Waals surface area contributed by atoms with Crippen molar-refractivity contribution < 1.29 is 9.90 Å². The lowest BCUT2D eigenvalue weighted by Crippen LogP contribution is -2.50. The van der Waals surface area contributed by atoms with Gasteiger partial charge in [-0.1, -0.05) is 46.3 Å². The van der Waals surface area contributed by atoms with Crippen LogP contribution in [-0.2, 0) is 0 Å². The third-order valence-corrected chi connectivity index (χ3v) is 4.77. The van der Waals surface area contributed by atoms with Crippen LogP contribution >= 0.6 is 34.2 Å². The number of halogens is 2. The Balaban J connectivity index is 1.97. The van der Waals surface area contributed by atoms with Gasteiger partial charge in [0.2, 0.25) is 0 Å². The monoisotopic (exact) mass is 351 g/mol. The molecule has 1 unspecified atom stereocenters. The summed E-state index contributed by atoms with van der Waals surface area (Å²) in [4.78, 5) is 12.1. The fraction of sp³-hybridized carbons (Fsp3) is 0.364. The molecule has 5 heteroatoms. The van der Waals surface area contributed by atoms with Crippen molar-refractivity contribution in [3.63, 3.8) is 0 Å². The maximum atomic E-state index is 10.6. The second kappa shape index (κ2) is 4.79. The largest absolute Gasteiger partial charge is 0.465 e. The van der Waals surface area contributed by atoms with Crippen LogP contribution in [0, 0.1) is 5.92 Å². The Hall–Kier alpha value is -0.490. The Labute approximate surface area is 113 Å². The predicted octanol–water partition coefficient (Wildman–Crippen LogP) is 3.43. The van der Waals surface area contributed by atoms with Crippen LogP contribution in [0.5, 0.6) is 0 Å². The topological polar surface area (TPSA) is 40.5 Å². The summed E-state index contributed by atoms with van der Waals surface area (Å²) in [5, 5.41) is 9.48. The zero-order chi connectivity index (χ0) is 11.7. The fourth-order valence-corrected chi connectivity index (χ4v) is 2.77. The van der Waals surface area contributed by atoms with E-state index in [1.165, 1.54) is 10.5 Å². The van der Waals surface area contributed by atoms with Crippen molar-refractivity contribution in [1.82, 2.24) is 4.90 Å². The van der Waals surface area contributed by atoms with Gasteiger partial charge in [-0.25, -0.2) is 4.79 Å². The van der Waals surface area contributed by atoms with Crippen LogP contribution in [0.3, 0.4) is 0 Å². The first-order valence-electron chi connectivity index (χ1n) is 4.95. The molecule has 0 radical (unpaired) electrons. The highest BCUT2D eigenvalue weighted by Crippen LogP contribution is 2.37. The number of hydrogen-bond acceptors (Lipinski definition) is 1. The Morgan fingerprint density at radius 2 is 2.00 bits per heavy atom. The van der Waals surface area contributed by atoms with Crippen LogP contribution in [0.1, 0.15) is 9.49 Å². The van der Waals surface area contributed by atoms with Gasteiger partial charge < -0.3 is 10.0 Å². The average Bonchev–Trinajstić information content (AvgIpc) is 2.15. The quantitative estimate of drug-likeness (QED) is 0.655. The second-order valence-electron chi connectivity index (χ2n) is 3.90. The van der Waals surface area contributed by atoms with Gasteiger partial charge in [-0.15, -0.1) is 0 Å². The molecule has 1 atom stereocenters. The van der Waals surface area contributed by atoms with Crippen LogP contribution in [0.25, 0.3) is 0 Å². The molecular formula is C11H11ClINO2. The van der Waals surface area contributed by atoms with Gasteiger partial charge in [0.1, 0.15) is 0 Å². The van der Waals surface area contributed by atoms with E-state index in [0.717, 1.165) is 5.02 Å². The van der Waals surface area contributed by atoms with E-state index in [0.29, 0.717) is 22.9 Å². The van der Waals surface area contributed by atoms with Gasteiger partial charge in [0, 0.05) is 28.0 Å². The van der Waals surface area contributed by atoms with Crippen molar-refractivity contribution in [3.05, 3.63) is 34.9 Å². The van der Waals surface area contributed by atoms with E-state index in [4.69, 9.17) is 16.7 Å². The molecule has 1 heterocycles. The van der Waals surface area contributed by atoms with Gasteiger partial charge in [-0.2, -0.15) is 0 Å². The van der Waals surface area contributed by atoms with Crippen molar-refractivity contribution in [2.45, 2.75) is 3.92 Å². The number of amides is 1. The van der Waals surface area contributed by atoms with Crippen LogP contribution in [0.4, 0.5) is 4.79 Å². The first kappa shape index (κ1) is 12.0. The van der Waals surface area contributed by atoms with Gasteiger partial charge in [0.25, 0.3) is 0 Å². The Bertz CT molecular complexity index is 389. The second-order valence-corrected chi connectivity index (χ2v) is 5.68. The van der Waals surface area contributed by atoms with E-state index < -0.39 is 6.09 Å². The maximum absolute atomic E-state index is 10.6. The number of carbonyl (C=O) groups is 1. The molecule has 16 heavy (non-hydrogen) atoms. The third kappa shape index (κ3) is 2.43. The molecule has 0 aliphatic carbocycles. The van der Waals surface area contributed by atoms with E-state index in [1.54, 1.807) is 0 Å².